The van der Waals surface area contributed by atoms with Crippen molar-refractivity contribution in [1.82, 2.24) is 0 Å². The molecule has 1 unspecified atom stereocenters. The Bertz CT molecular complexity index is 275. The topological polar surface area (TPSA) is 50.1 Å². The van der Waals surface area contributed by atoms with E-state index < -0.39 is 13.9 Å². The van der Waals surface area contributed by atoms with Gasteiger partial charge in [-0.1, -0.05) is 20.8 Å². The minimum atomic E-state index is -1.98. The number of aldehydes is 1. The highest BCUT2D eigenvalue weighted by Crippen LogP contribution is 2.39. The molecule has 1 atom stereocenters. The lowest BCUT2D eigenvalue weighted by atomic mass is 10.1. The number of rotatable bonds is 4. The van der Waals surface area contributed by atoms with E-state index in [4.69, 9.17) is 9.69 Å². The summed E-state index contributed by atoms with van der Waals surface area (Å²) in [5, 5.41) is 9.08. The van der Waals surface area contributed by atoms with E-state index in [1.165, 1.54) is 0 Å². The number of nitrogens with zero attached hydrogens (tertiary/aromatic N) is 1. The molecular formula is C11H21NO2Si. The van der Waals surface area contributed by atoms with Crippen LogP contribution >= 0.6 is 0 Å². The normalized spacial score (nSPS) is 16.6. The Kier molecular flexibility index (Phi) is 4.26. The van der Waals surface area contributed by atoms with Gasteiger partial charge in [0, 0.05) is 6.42 Å². The number of carbonyl (C=O) groups excluding carboxylic acids is 1. The summed E-state index contributed by atoms with van der Waals surface area (Å²) < 4.78 is 5.93. The summed E-state index contributed by atoms with van der Waals surface area (Å²) in [6, 6.07) is 2.09. The van der Waals surface area contributed by atoms with Crippen LogP contribution in [-0.2, 0) is 9.22 Å². The molecule has 0 aromatic heterocycles. The molecule has 0 aliphatic carbocycles. The minimum Gasteiger partial charge on any atom is -0.399 e. The number of carbonyl (C=O) groups is 1. The molecule has 0 aromatic carbocycles. The average molecular weight is 227 g/mol. The molecule has 3 nitrogen and oxygen atoms in total. The SMILES string of the molecule is CC(C#N)(CC=O)O[Si](C)(C)C(C)(C)C. The molecule has 0 aliphatic heterocycles. The molecule has 0 bridgehead atoms. The van der Waals surface area contributed by atoms with Gasteiger partial charge in [-0.3, -0.25) is 0 Å². The van der Waals surface area contributed by atoms with Gasteiger partial charge in [-0.2, -0.15) is 5.26 Å². The maximum atomic E-state index is 10.5. The lowest BCUT2D eigenvalue weighted by Gasteiger charge is -2.40. The Hall–Kier alpha value is -0.663. The molecule has 86 valence electrons. The van der Waals surface area contributed by atoms with Crippen molar-refractivity contribution in [2.24, 2.45) is 0 Å². The average Bonchev–Trinajstić information content (AvgIpc) is 2.01. The fourth-order valence-corrected chi connectivity index (χ4v) is 2.55. The Balaban J connectivity index is 4.85. The van der Waals surface area contributed by atoms with E-state index in [1.54, 1.807) is 6.92 Å². The maximum Gasteiger partial charge on any atom is 0.194 e. The molecule has 0 rings (SSSR count). The monoisotopic (exact) mass is 227 g/mol. The number of hydrogen-bond acceptors (Lipinski definition) is 3. The van der Waals surface area contributed by atoms with E-state index in [-0.39, 0.29) is 11.5 Å². The molecule has 0 saturated heterocycles. The standard InChI is InChI=1S/C11H21NO2Si/c1-10(2,3)15(5,6)14-11(4,9-12)7-8-13/h8H,7H2,1-6H3. The van der Waals surface area contributed by atoms with Gasteiger partial charge in [0.1, 0.15) is 11.9 Å². The molecule has 0 aliphatic rings. The first-order valence-electron chi connectivity index (χ1n) is 5.13. The van der Waals surface area contributed by atoms with Crippen molar-refractivity contribution in [3.8, 4) is 6.07 Å². The smallest absolute Gasteiger partial charge is 0.194 e. The van der Waals surface area contributed by atoms with Crippen LogP contribution in [0.25, 0.3) is 0 Å². The minimum absolute atomic E-state index is 0.0496. The molecule has 0 aromatic rings. The third kappa shape index (κ3) is 3.77. The van der Waals surface area contributed by atoms with Crippen molar-refractivity contribution in [2.45, 2.75) is 57.8 Å². The third-order valence-corrected chi connectivity index (χ3v) is 7.57. The zero-order valence-electron chi connectivity index (χ0n) is 10.5. The summed E-state index contributed by atoms with van der Waals surface area (Å²) in [7, 11) is -1.98. The van der Waals surface area contributed by atoms with Gasteiger partial charge in [-0.05, 0) is 25.1 Å². The maximum absolute atomic E-state index is 10.5. The molecule has 0 amide bonds. The van der Waals surface area contributed by atoms with Gasteiger partial charge in [0.25, 0.3) is 0 Å². The summed E-state index contributed by atoms with van der Waals surface area (Å²) in [4.78, 5) is 10.5. The Labute approximate surface area is 93.6 Å². The first-order valence-corrected chi connectivity index (χ1v) is 8.04. The van der Waals surface area contributed by atoms with Crippen molar-refractivity contribution < 1.29 is 9.22 Å². The van der Waals surface area contributed by atoms with Gasteiger partial charge in [-0.15, -0.1) is 0 Å². The van der Waals surface area contributed by atoms with Gasteiger partial charge in [0.2, 0.25) is 0 Å². The van der Waals surface area contributed by atoms with E-state index in [9.17, 15) is 4.79 Å². The molecule has 0 heterocycles. The fourth-order valence-electron chi connectivity index (χ4n) is 0.985. The van der Waals surface area contributed by atoms with Crippen molar-refractivity contribution in [1.29, 1.82) is 5.26 Å². The second-order valence-electron chi connectivity index (χ2n) is 5.58. The molecule has 0 N–H and O–H groups in total. The molecule has 0 spiro atoms. The van der Waals surface area contributed by atoms with Gasteiger partial charge >= 0.3 is 0 Å². The van der Waals surface area contributed by atoms with Crippen LogP contribution in [0.3, 0.4) is 0 Å². The van der Waals surface area contributed by atoms with E-state index in [2.05, 4.69) is 39.9 Å². The van der Waals surface area contributed by atoms with Crippen LogP contribution in [0.5, 0.6) is 0 Å². The van der Waals surface area contributed by atoms with Crippen molar-refractivity contribution in [3.05, 3.63) is 0 Å². The molecule has 0 saturated carbocycles. The third-order valence-electron chi connectivity index (χ3n) is 3.00. The van der Waals surface area contributed by atoms with Crippen LogP contribution in [0.4, 0.5) is 0 Å². The largest absolute Gasteiger partial charge is 0.399 e. The van der Waals surface area contributed by atoms with Crippen LogP contribution in [0.1, 0.15) is 34.1 Å². The molecule has 0 radical (unpaired) electrons. The second-order valence-corrected chi connectivity index (χ2v) is 10.3. The molecule has 15 heavy (non-hydrogen) atoms. The number of hydrogen-bond donors (Lipinski definition) is 0. The lowest BCUT2D eigenvalue weighted by Crippen LogP contribution is -2.48. The van der Waals surface area contributed by atoms with E-state index in [1.807, 2.05) is 0 Å². The van der Waals surface area contributed by atoms with Gasteiger partial charge < -0.3 is 9.22 Å². The highest BCUT2D eigenvalue weighted by molar-refractivity contribution is 6.74. The number of nitriles is 1. The first kappa shape index (κ1) is 14.3. The Morgan fingerprint density at radius 3 is 2.07 bits per heavy atom. The van der Waals surface area contributed by atoms with Crippen LogP contribution in [0.2, 0.25) is 18.1 Å². The quantitative estimate of drug-likeness (QED) is 0.548. The summed E-state index contributed by atoms with van der Waals surface area (Å²) in [6.07, 6.45) is 0.881. The van der Waals surface area contributed by atoms with Gasteiger partial charge in [0.15, 0.2) is 8.32 Å². The highest BCUT2D eigenvalue weighted by atomic mass is 28.4. The van der Waals surface area contributed by atoms with Crippen LogP contribution in [0.15, 0.2) is 0 Å². The van der Waals surface area contributed by atoms with Crippen molar-refractivity contribution in [2.75, 3.05) is 0 Å². The summed E-state index contributed by atoms with van der Waals surface area (Å²) in [5.41, 5.74) is -0.968. The molecular weight excluding hydrogens is 206 g/mol. The Morgan fingerprint density at radius 2 is 1.80 bits per heavy atom. The first-order chi connectivity index (χ1) is 6.58. The van der Waals surface area contributed by atoms with E-state index in [0.717, 1.165) is 6.29 Å². The lowest BCUT2D eigenvalue weighted by molar-refractivity contribution is -0.110. The van der Waals surface area contributed by atoms with Crippen LogP contribution in [-0.4, -0.2) is 20.2 Å². The second kappa shape index (κ2) is 4.46. The summed E-state index contributed by atoms with van der Waals surface area (Å²) in [5.74, 6) is 0. The fraction of sp³-hybridized carbons (Fsp3) is 0.818. The van der Waals surface area contributed by atoms with Gasteiger partial charge in [0.05, 0.1) is 6.07 Å². The van der Waals surface area contributed by atoms with Crippen molar-refractivity contribution in [3.63, 3.8) is 0 Å². The zero-order chi connectivity index (χ0) is 12.3. The van der Waals surface area contributed by atoms with E-state index in [0.29, 0.717) is 0 Å². The van der Waals surface area contributed by atoms with E-state index >= 15 is 0 Å². The van der Waals surface area contributed by atoms with Crippen LogP contribution in [0, 0.1) is 11.3 Å². The van der Waals surface area contributed by atoms with Gasteiger partial charge in [-0.25, -0.2) is 0 Å². The highest BCUT2D eigenvalue weighted by Gasteiger charge is 2.42. The summed E-state index contributed by atoms with van der Waals surface area (Å²) >= 11 is 0. The Morgan fingerprint density at radius 1 is 1.33 bits per heavy atom. The zero-order valence-corrected chi connectivity index (χ0v) is 11.5. The molecule has 0 fully saturated rings. The molecule has 4 heteroatoms. The predicted octanol–water partition coefficient (Wildman–Crippen LogP) is 2.88. The predicted molar refractivity (Wildman–Crippen MR) is 63.0 cm³/mol. The van der Waals surface area contributed by atoms with Crippen LogP contribution < -0.4 is 0 Å². The van der Waals surface area contributed by atoms with Crippen molar-refractivity contribution >= 4 is 14.6 Å². The summed E-state index contributed by atoms with van der Waals surface area (Å²) in [6.45, 7) is 12.2.